The second-order valence-electron chi connectivity index (χ2n) is 2.34. The van der Waals surface area contributed by atoms with E-state index in [1.807, 2.05) is 11.9 Å². The summed E-state index contributed by atoms with van der Waals surface area (Å²) in [5, 5.41) is 17.9. The van der Waals surface area contributed by atoms with Gasteiger partial charge in [0.25, 0.3) is 0 Å². The zero-order chi connectivity index (χ0) is 6.85. The van der Waals surface area contributed by atoms with Gasteiger partial charge in [0.2, 0.25) is 0 Å². The molecule has 1 aliphatic heterocycles. The fraction of sp³-hybridized carbons (Fsp3) is 0.667. The van der Waals surface area contributed by atoms with E-state index in [1.165, 1.54) is 0 Å². The summed E-state index contributed by atoms with van der Waals surface area (Å²) in [5.41, 5.74) is 0. The van der Waals surface area contributed by atoms with Crippen molar-refractivity contribution in [1.29, 1.82) is 0 Å². The Labute approximate surface area is 54.2 Å². The molecule has 0 bridgehead atoms. The van der Waals surface area contributed by atoms with Crippen LogP contribution in [0.3, 0.4) is 0 Å². The van der Waals surface area contributed by atoms with Gasteiger partial charge in [0.1, 0.15) is 11.9 Å². The van der Waals surface area contributed by atoms with E-state index in [0.717, 1.165) is 6.54 Å². The zero-order valence-corrected chi connectivity index (χ0v) is 5.41. The Balaban J connectivity index is 2.61. The first-order valence-electron chi connectivity index (χ1n) is 2.99. The summed E-state index contributed by atoms with van der Waals surface area (Å²) < 4.78 is 0. The third-order valence-electron chi connectivity index (χ3n) is 1.45. The van der Waals surface area contributed by atoms with Gasteiger partial charge in [-0.05, 0) is 6.42 Å². The molecule has 0 fully saturated rings. The lowest BCUT2D eigenvalue weighted by Gasteiger charge is -2.23. The van der Waals surface area contributed by atoms with Crippen LogP contribution in [0.2, 0.25) is 0 Å². The van der Waals surface area contributed by atoms with Gasteiger partial charge in [-0.1, -0.05) is 0 Å². The Kier molecular flexibility index (Phi) is 1.62. The summed E-state index contributed by atoms with van der Waals surface area (Å²) in [6.07, 6.45) is 1.54. The van der Waals surface area contributed by atoms with Gasteiger partial charge in [0.05, 0.1) is 0 Å². The third-order valence-corrected chi connectivity index (χ3v) is 1.45. The largest absolute Gasteiger partial charge is 0.508 e. The molecule has 0 saturated carbocycles. The van der Waals surface area contributed by atoms with E-state index in [2.05, 4.69) is 0 Å². The maximum absolute atomic E-state index is 8.95. The first kappa shape index (κ1) is 6.42. The Morgan fingerprint density at radius 1 is 1.78 bits per heavy atom. The zero-order valence-electron chi connectivity index (χ0n) is 5.41. The van der Waals surface area contributed by atoms with Crippen LogP contribution in [0.1, 0.15) is 6.42 Å². The summed E-state index contributed by atoms with van der Waals surface area (Å²) in [6.45, 7) is 0.811. The Morgan fingerprint density at radius 3 is 2.89 bits per heavy atom. The van der Waals surface area contributed by atoms with Crippen LogP contribution in [-0.4, -0.2) is 34.8 Å². The molecule has 0 amide bonds. The van der Waals surface area contributed by atoms with Crippen molar-refractivity contribution in [2.75, 3.05) is 13.6 Å². The van der Waals surface area contributed by atoms with Crippen LogP contribution in [0.5, 0.6) is 0 Å². The molecule has 1 aliphatic rings. The summed E-state index contributed by atoms with van der Waals surface area (Å²) in [4.78, 5) is 1.85. The summed E-state index contributed by atoms with van der Waals surface area (Å²) in [7, 11) is 1.86. The van der Waals surface area contributed by atoms with Gasteiger partial charge >= 0.3 is 0 Å². The Bertz CT molecular complexity index is 133. The molecule has 1 heterocycles. The van der Waals surface area contributed by atoms with Crippen molar-refractivity contribution in [3.63, 3.8) is 0 Å². The number of aliphatic hydroxyl groups excluding tert-OH is 2. The molecule has 0 aliphatic carbocycles. The maximum atomic E-state index is 8.95. The van der Waals surface area contributed by atoms with Crippen molar-refractivity contribution in [1.82, 2.24) is 4.90 Å². The van der Waals surface area contributed by atoms with E-state index >= 15 is 0 Å². The Hall–Kier alpha value is -0.700. The highest BCUT2D eigenvalue weighted by Crippen LogP contribution is 2.10. The molecule has 1 unspecified atom stereocenters. The standard InChI is InChI=1S/C6H11NO2/c1-7-3-2-5(8)6(9)4-7/h4-5,8-9H,2-3H2,1H3. The van der Waals surface area contributed by atoms with Crippen LogP contribution in [-0.2, 0) is 0 Å². The van der Waals surface area contributed by atoms with E-state index in [-0.39, 0.29) is 5.76 Å². The monoisotopic (exact) mass is 129 g/mol. The van der Waals surface area contributed by atoms with Gasteiger partial charge in [-0.3, -0.25) is 0 Å². The van der Waals surface area contributed by atoms with Crippen molar-refractivity contribution in [2.24, 2.45) is 0 Å². The van der Waals surface area contributed by atoms with Crippen molar-refractivity contribution in [2.45, 2.75) is 12.5 Å². The average Bonchev–Trinajstić information content (AvgIpc) is 1.80. The first-order chi connectivity index (χ1) is 4.20. The fourth-order valence-corrected chi connectivity index (χ4v) is 0.850. The maximum Gasteiger partial charge on any atom is 0.137 e. The van der Waals surface area contributed by atoms with E-state index in [4.69, 9.17) is 10.2 Å². The predicted octanol–water partition coefficient (Wildman–Crippen LogP) is 0.0822. The van der Waals surface area contributed by atoms with Crippen molar-refractivity contribution < 1.29 is 10.2 Å². The molecule has 0 aromatic carbocycles. The lowest BCUT2D eigenvalue weighted by atomic mass is 10.1. The SMILES string of the molecule is CN1C=C(O)C(O)CC1. The third kappa shape index (κ3) is 1.36. The molecule has 0 radical (unpaired) electrons. The number of hydrogen-bond donors (Lipinski definition) is 2. The molecule has 1 rings (SSSR count). The van der Waals surface area contributed by atoms with E-state index in [1.54, 1.807) is 6.20 Å². The lowest BCUT2D eigenvalue weighted by molar-refractivity contribution is 0.117. The van der Waals surface area contributed by atoms with E-state index in [0.29, 0.717) is 6.42 Å². The molecule has 0 spiro atoms. The number of rotatable bonds is 0. The number of aliphatic hydroxyl groups is 2. The molecule has 0 aromatic heterocycles. The van der Waals surface area contributed by atoms with E-state index in [9.17, 15) is 0 Å². The molecule has 52 valence electrons. The van der Waals surface area contributed by atoms with Gasteiger partial charge in [0.15, 0.2) is 0 Å². The topological polar surface area (TPSA) is 43.7 Å². The molecule has 0 aromatic rings. The van der Waals surface area contributed by atoms with Crippen LogP contribution >= 0.6 is 0 Å². The van der Waals surface area contributed by atoms with Crippen molar-refractivity contribution in [3.05, 3.63) is 12.0 Å². The van der Waals surface area contributed by atoms with Gasteiger partial charge in [-0.25, -0.2) is 0 Å². The number of nitrogens with zero attached hydrogens (tertiary/aromatic N) is 1. The van der Waals surface area contributed by atoms with Gasteiger partial charge in [-0.2, -0.15) is 0 Å². The van der Waals surface area contributed by atoms with Crippen LogP contribution in [0.4, 0.5) is 0 Å². The van der Waals surface area contributed by atoms with Gasteiger partial charge in [0, 0.05) is 19.8 Å². The van der Waals surface area contributed by atoms with Crippen molar-refractivity contribution in [3.8, 4) is 0 Å². The molecule has 9 heavy (non-hydrogen) atoms. The average molecular weight is 129 g/mol. The highest BCUT2D eigenvalue weighted by Gasteiger charge is 2.14. The van der Waals surface area contributed by atoms with Crippen molar-refractivity contribution >= 4 is 0 Å². The summed E-state index contributed by atoms with van der Waals surface area (Å²) in [5.74, 6) is 0.0729. The summed E-state index contributed by atoms with van der Waals surface area (Å²) >= 11 is 0. The highest BCUT2D eigenvalue weighted by atomic mass is 16.3. The molecule has 1 atom stereocenters. The molecular weight excluding hydrogens is 118 g/mol. The normalized spacial score (nSPS) is 28.0. The first-order valence-corrected chi connectivity index (χ1v) is 2.99. The molecule has 3 nitrogen and oxygen atoms in total. The van der Waals surface area contributed by atoms with Gasteiger partial charge < -0.3 is 15.1 Å². The summed E-state index contributed by atoms with van der Waals surface area (Å²) in [6, 6.07) is 0. The smallest absolute Gasteiger partial charge is 0.137 e. The van der Waals surface area contributed by atoms with Gasteiger partial charge in [-0.15, -0.1) is 0 Å². The molecule has 0 saturated heterocycles. The molecule has 2 N–H and O–H groups in total. The minimum Gasteiger partial charge on any atom is -0.508 e. The second kappa shape index (κ2) is 2.27. The van der Waals surface area contributed by atoms with Crippen LogP contribution < -0.4 is 0 Å². The van der Waals surface area contributed by atoms with Crippen LogP contribution in [0.15, 0.2) is 12.0 Å². The van der Waals surface area contributed by atoms with Crippen LogP contribution in [0.25, 0.3) is 0 Å². The second-order valence-corrected chi connectivity index (χ2v) is 2.34. The molecule has 3 heteroatoms. The van der Waals surface area contributed by atoms with Crippen LogP contribution in [0, 0.1) is 0 Å². The predicted molar refractivity (Wildman–Crippen MR) is 34.0 cm³/mol. The quantitative estimate of drug-likeness (QED) is 0.487. The Morgan fingerprint density at radius 2 is 2.44 bits per heavy atom. The van der Waals surface area contributed by atoms with E-state index < -0.39 is 6.10 Å². The highest BCUT2D eigenvalue weighted by molar-refractivity contribution is 5.00. The molecular formula is C6H11NO2. The fourth-order valence-electron chi connectivity index (χ4n) is 0.850. The lowest BCUT2D eigenvalue weighted by Crippen LogP contribution is -2.27. The number of hydrogen-bond acceptors (Lipinski definition) is 3. The minimum atomic E-state index is -0.638. The minimum absolute atomic E-state index is 0.0729.